The lowest BCUT2D eigenvalue weighted by molar-refractivity contribution is -0.165. The number of piperidine rings is 1. The molecule has 28 heavy (non-hydrogen) atoms. The summed E-state index contributed by atoms with van der Waals surface area (Å²) in [5.74, 6) is 0.00218. The Hall–Kier alpha value is -2.44. The third-order valence-corrected chi connectivity index (χ3v) is 5.77. The van der Waals surface area contributed by atoms with Crippen molar-refractivity contribution in [3.05, 3.63) is 59.9 Å². The lowest BCUT2D eigenvalue weighted by Crippen LogP contribution is -2.57. The maximum Gasteiger partial charge on any atom is 0.246 e. The molecule has 4 rings (SSSR count). The van der Waals surface area contributed by atoms with E-state index in [1.165, 1.54) is 0 Å². The molecule has 1 aromatic carbocycles. The maximum absolute atomic E-state index is 12.7. The minimum absolute atomic E-state index is 0.00218. The molecule has 0 aliphatic carbocycles. The number of carbonyl (C=O) groups is 1. The second-order valence-electron chi connectivity index (χ2n) is 7.55. The summed E-state index contributed by atoms with van der Waals surface area (Å²) in [4.78, 5) is 14.6. The molecule has 2 aliphatic heterocycles. The van der Waals surface area contributed by atoms with Gasteiger partial charge in [0, 0.05) is 39.0 Å². The highest BCUT2D eigenvalue weighted by molar-refractivity contribution is 5.91. The molecule has 0 radical (unpaired) electrons. The lowest BCUT2D eigenvalue weighted by atomic mass is 9.85. The first-order valence-corrected chi connectivity index (χ1v) is 9.91. The summed E-state index contributed by atoms with van der Waals surface area (Å²) in [6.45, 7) is 2.56. The molecule has 3 heterocycles. The number of nitrogens with zero attached hydrogens (tertiary/aromatic N) is 3. The van der Waals surface area contributed by atoms with Crippen LogP contribution in [0.3, 0.4) is 0 Å². The Morgan fingerprint density at radius 2 is 2.18 bits per heavy atom. The third kappa shape index (κ3) is 4.03. The van der Waals surface area contributed by atoms with E-state index >= 15 is 0 Å². The van der Waals surface area contributed by atoms with Crippen molar-refractivity contribution in [2.24, 2.45) is 7.05 Å². The van der Waals surface area contributed by atoms with Gasteiger partial charge in [-0.15, -0.1) is 0 Å². The van der Waals surface area contributed by atoms with Gasteiger partial charge in [-0.1, -0.05) is 30.3 Å². The Bertz CT molecular complexity index is 825. The van der Waals surface area contributed by atoms with Crippen LogP contribution in [0.1, 0.15) is 30.5 Å². The van der Waals surface area contributed by atoms with E-state index < -0.39 is 0 Å². The monoisotopic (exact) mass is 381 g/mol. The zero-order valence-corrected chi connectivity index (χ0v) is 16.3. The van der Waals surface area contributed by atoms with Crippen molar-refractivity contribution >= 4 is 12.0 Å². The molecule has 148 valence electrons. The van der Waals surface area contributed by atoms with Crippen molar-refractivity contribution in [2.75, 3.05) is 19.7 Å². The number of amides is 1. The number of benzene rings is 1. The summed E-state index contributed by atoms with van der Waals surface area (Å²) >= 11 is 0. The van der Waals surface area contributed by atoms with Gasteiger partial charge >= 0.3 is 0 Å². The van der Waals surface area contributed by atoms with Crippen LogP contribution in [0.15, 0.2) is 48.7 Å². The fourth-order valence-corrected chi connectivity index (χ4v) is 4.10. The summed E-state index contributed by atoms with van der Waals surface area (Å²) in [5.41, 5.74) is 1.78. The number of carbonyl (C=O) groups excluding carboxylic acids is 1. The zero-order chi connectivity index (χ0) is 19.4. The first-order chi connectivity index (χ1) is 13.7. The molecule has 2 aromatic rings. The van der Waals surface area contributed by atoms with E-state index in [1.54, 1.807) is 17.0 Å². The molecule has 2 aliphatic rings. The maximum atomic E-state index is 12.7. The molecule has 2 saturated heterocycles. The molecule has 1 spiro atoms. The van der Waals surface area contributed by atoms with Crippen molar-refractivity contribution < 1.29 is 14.3 Å². The lowest BCUT2D eigenvalue weighted by Gasteiger charge is -2.44. The van der Waals surface area contributed by atoms with Gasteiger partial charge in [-0.25, -0.2) is 0 Å². The molecular formula is C22H27N3O3. The van der Waals surface area contributed by atoms with E-state index in [0.717, 1.165) is 37.1 Å². The van der Waals surface area contributed by atoms with E-state index in [-0.39, 0.29) is 17.6 Å². The fraction of sp³-hybridized carbons (Fsp3) is 0.455. The summed E-state index contributed by atoms with van der Waals surface area (Å²) < 4.78 is 14.2. The topological polar surface area (TPSA) is 56.6 Å². The minimum atomic E-state index is -0.253. The minimum Gasteiger partial charge on any atom is -0.372 e. The molecule has 2 fully saturated rings. The average Bonchev–Trinajstić information content (AvgIpc) is 3.36. The molecule has 1 aromatic heterocycles. The van der Waals surface area contributed by atoms with Crippen molar-refractivity contribution in [3.63, 3.8) is 0 Å². The van der Waals surface area contributed by atoms with Crippen molar-refractivity contribution in [2.45, 2.75) is 37.6 Å². The summed E-state index contributed by atoms with van der Waals surface area (Å²) in [6.07, 6.45) is 7.92. The van der Waals surface area contributed by atoms with Crippen LogP contribution in [0, 0.1) is 0 Å². The molecule has 0 bridgehead atoms. The van der Waals surface area contributed by atoms with Crippen LogP contribution in [0.2, 0.25) is 0 Å². The van der Waals surface area contributed by atoms with E-state index in [4.69, 9.17) is 9.47 Å². The largest absolute Gasteiger partial charge is 0.372 e. The van der Waals surface area contributed by atoms with Crippen LogP contribution in [0.5, 0.6) is 0 Å². The molecule has 1 amide bonds. The molecule has 2 atom stereocenters. The Balaban J connectivity index is 1.43. The second-order valence-corrected chi connectivity index (χ2v) is 7.55. The summed E-state index contributed by atoms with van der Waals surface area (Å²) in [5, 5.41) is 4.12. The highest BCUT2D eigenvalue weighted by Gasteiger charge is 2.47. The average molecular weight is 381 g/mol. The summed E-state index contributed by atoms with van der Waals surface area (Å²) in [6, 6.07) is 12.0. The predicted molar refractivity (Wildman–Crippen MR) is 106 cm³/mol. The van der Waals surface area contributed by atoms with E-state index in [9.17, 15) is 4.79 Å². The van der Waals surface area contributed by atoms with Gasteiger partial charge in [-0.2, -0.15) is 5.10 Å². The van der Waals surface area contributed by atoms with Gasteiger partial charge in [0.1, 0.15) is 6.10 Å². The number of aryl methyl sites for hydroxylation is 1. The Morgan fingerprint density at radius 3 is 2.89 bits per heavy atom. The van der Waals surface area contributed by atoms with Gasteiger partial charge in [0.15, 0.2) is 0 Å². The Labute approximate surface area is 165 Å². The molecular weight excluding hydrogens is 354 g/mol. The second kappa shape index (κ2) is 8.29. The first-order valence-electron chi connectivity index (χ1n) is 9.91. The van der Waals surface area contributed by atoms with Gasteiger partial charge in [-0.05, 0) is 37.0 Å². The van der Waals surface area contributed by atoms with Gasteiger partial charge in [-0.3, -0.25) is 9.48 Å². The third-order valence-electron chi connectivity index (χ3n) is 5.77. The van der Waals surface area contributed by atoms with Crippen LogP contribution < -0.4 is 0 Å². The number of ether oxygens (including phenoxy) is 2. The highest BCUT2D eigenvalue weighted by atomic mass is 16.6. The van der Waals surface area contributed by atoms with Gasteiger partial charge in [0.25, 0.3) is 0 Å². The SMILES string of the molecule is Cn1nccc1/C=C/C(=O)N1CC[C@@]2(CCCO2)[C@@H](OCc2ccccc2)C1. The standard InChI is InChI=1S/C22H27N3O3/c1-24-19(10-13-23-24)8-9-21(26)25-14-12-22(11-5-15-28-22)20(16-25)27-17-18-6-3-2-4-7-18/h2-4,6-10,13,20H,5,11-12,14-17H2,1H3/b9-8+/t20-,22-/m0/s1. The highest BCUT2D eigenvalue weighted by Crippen LogP contribution is 2.38. The van der Waals surface area contributed by atoms with E-state index in [1.807, 2.05) is 42.3 Å². The fourth-order valence-electron chi connectivity index (χ4n) is 4.10. The Morgan fingerprint density at radius 1 is 1.32 bits per heavy atom. The van der Waals surface area contributed by atoms with Gasteiger partial charge < -0.3 is 14.4 Å². The first kappa shape index (κ1) is 18.9. The van der Waals surface area contributed by atoms with Crippen LogP contribution in [0.4, 0.5) is 0 Å². The van der Waals surface area contributed by atoms with E-state index in [0.29, 0.717) is 19.7 Å². The Kier molecular flexibility index (Phi) is 5.59. The van der Waals surface area contributed by atoms with Crippen LogP contribution in [-0.2, 0) is 27.9 Å². The quantitative estimate of drug-likeness (QED) is 0.748. The molecule has 0 saturated carbocycles. The summed E-state index contributed by atoms with van der Waals surface area (Å²) in [7, 11) is 1.86. The van der Waals surface area contributed by atoms with Crippen LogP contribution in [0.25, 0.3) is 6.08 Å². The zero-order valence-electron chi connectivity index (χ0n) is 16.3. The van der Waals surface area contributed by atoms with Gasteiger partial charge in [0.2, 0.25) is 5.91 Å². The van der Waals surface area contributed by atoms with Crippen LogP contribution >= 0.6 is 0 Å². The predicted octanol–water partition coefficient (Wildman–Crippen LogP) is 2.80. The smallest absolute Gasteiger partial charge is 0.246 e. The van der Waals surface area contributed by atoms with Crippen molar-refractivity contribution in [3.8, 4) is 0 Å². The molecule has 6 nitrogen and oxygen atoms in total. The molecule has 6 heteroatoms. The van der Waals surface area contributed by atoms with Gasteiger partial charge in [0.05, 0.1) is 17.9 Å². The van der Waals surface area contributed by atoms with E-state index in [2.05, 4.69) is 17.2 Å². The van der Waals surface area contributed by atoms with Crippen molar-refractivity contribution in [1.82, 2.24) is 14.7 Å². The molecule has 0 unspecified atom stereocenters. The normalized spacial score (nSPS) is 25.0. The number of rotatable bonds is 5. The van der Waals surface area contributed by atoms with Crippen molar-refractivity contribution in [1.29, 1.82) is 0 Å². The number of hydrogen-bond donors (Lipinski definition) is 0. The number of likely N-dealkylation sites (tertiary alicyclic amines) is 1. The molecule has 0 N–H and O–H groups in total. The number of hydrogen-bond acceptors (Lipinski definition) is 4. The van der Waals surface area contributed by atoms with Crippen LogP contribution in [-0.4, -0.2) is 52.0 Å². The number of aromatic nitrogens is 2.